The van der Waals surface area contributed by atoms with Crippen molar-refractivity contribution in [1.82, 2.24) is 9.58 Å². The number of imidazole rings is 1. The first-order chi connectivity index (χ1) is 8.69. The standard InChI is InChI=1S/C13H21N5/c1-3-16(4-2)9-10-17-11-7-5-6-8-12(11)18(15)13(17)14/h5-8,14H,3-4,9-10,15H2,1-2H3/p+1. The van der Waals surface area contributed by atoms with Gasteiger partial charge in [-0.25, -0.2) is 4.57 Å². The van der Waals surface area contributed by atoms with E-state index in [1.54, 1.807) is 4.68 Å². The fraction of sp³-hybridized carbons (Fsp3) is 0.462. The molecule has 18 heavy (non-hydrogen) atoms. The van der Waals surface area contributed by atoms with Crippen molar-refractivity contribution in [3.05, 3.63) is 24.3 Å². The van der Waals surface area contributed by atoms with Gasteiger partial charge in [0.2, 0.25) is 0 Å². The molecule has 0 unspecified atom stereocenters. The summed E-state index contributed by atoms with van der Waals surface area (Å²) in [5.74, 6) is 6.57. The van der Waals surface area contributed by atoms with Crippen LogP contribution in [0.2, 0.25) is 0 Å². The molecule has 5 nitrogen and oxygen atoms in total. The number of para-hydroxylation sites is 2. The summed E-state index contributed by atoms with van der Waals surface area (Å²) in [6.45, 7) is 8.29. The summed E-state index contributed by atoms with van der Waals surface area (Å²) in [5, 5.41) is 0. The second-order valence-corrected chi connectivity index (χ2v) is 4.40. The van der Waals surface area contributed by atoms with Crippen molar-refractivity contribution >= 4 is 17.0 Å². The van der Waals surface area contributed by atoms with Gasteiger partial charge in [0.05, 0.1) is 6.54 Å². The van der Waals surface area contributed by atoms with Gasteiger partial charge < -0.3 is 4.90 Å². The van der Waals surface area contributed by atoms with Gasteiger partial charge in [0.1, 0.15) is 5.52 Å². The molecule has 2 rings (SSSR count). The number of rotatable bonds is 5. The predicted octanol–water partition coefficient (Wildman–Crippen LogP) is 0.567. The second kappa shape index (κ2) is 5.27. The van der Waals surface area contributed by atoms with E-state index < -0.39 is 0 Å². The molecule has 0 aliphatic carbocycles. The fourth-order valence-electron chi connectivity index (χ4n) is 2.29. The van der Waals surface area contributed by atoms with Crippen molar-refractivity contribution in [3.8, 4) is 0 Å². The molecule has 0 saturated heterocycles. The van der Waals surface area contributed by atoms with Gasteiger partial charge in [-0.2, -0.15) is 0 Å². The van der Waals surface area contributed by atoms with Crippen LogP contribution in [0.5, 0.6) is 0 Å². The summed E-state index contributed by atoms with van der Waals surface area (Å²) in [7, 11) is 0. The molecule has 0 spiro atoms. The highest BCUT2D eigenvalue weighted by molar-refractivity contribution is 5.73. The molecule has 5 heteroatoms. The molecule has 0 aliphatic heterocycles. The van der Waals surface area contributed by atoms with Crippen LogP contribution in [-0.2, 0) is 6.54 Å². The van der Waals surface area contributed by atoms with Crippen molar-refractivity contribution in [2.75, 3.05) is 31.2 Å². The Kier molecular flexibility index (Phi) is 3.72. The third-order valence-corrected chi connectivity index (χ3v) is 3.49. The van der Waals surface area contributed by atoms with Crippen LogP contribution >= 0.6 is 0 Å². The molecule has 0 saturated carbocycles. The Hall–Kier alpha value is -1.75. The van der Waals surface area contributed by atoms with Gasteiger partial charge in [-0.1, -0.05) is 26.0 Å². The Morgan fingerprint density at radius 3 is 2.56 bits per heavy atom. The topological polar surface area (TPSA) is 64.1 Å². The molecule has 0 amide bonds. The first-order valence-corrected chi connectivity index (χ1v) is 6.45. The number of hydrogen-bond acceptors (Lipinski definition) is 3. The Labute approximate surface area is 108 Å². The van der Waals surface area contributed by atoms with E-state index in [4.69, 9.17) is 11.6 Å². The smallest absolute Gasteiger partial charge is 0.301 e. The van der Waals surface area contributed by atoms with Gasteiger partial charge in [-0.05, 0) is 25.2 Å². The average Bonchev–Trinajstić information content (AvgIpc) is 2.65. The summed E-state index contributed by atoms with van der Waals surface area (Å²) in [6, 6.07) is 8.02. The van der Waals surface area contributed by atoms with E-state index in [9.17, 15) is 0 Å². The minimum atomic E-state index is 0.600. The maximum Gasteiger partial charge on any atom is 0.378 e. The first-order valence-electron chi connectivity index (χ1n) is 6.45. The van der Waals surface area contributed by atoms with Gasteiger partial charge in [0.15, 0.2) is 5.52 Å². The van der Waals surface area contributed by atoms with Gasteiger partial charge in [0.25, 0.3) is 0 Å². The molecule has 0 atom stereocenters. The third kappa shape index (κ3) is 2.13. The lowest BCUT2D eigenvalue weighted by molar-refractivity contribution is -0.656. The van der Waals surface area contributed by atoms with Gasteiger partial charge >= 0.3 is 5.95 Å². The molecular formula is C13H22N5+. The van der Waals surface area contributed by atoms with E-state index in [0.29, 0.717) is 5.95 Å². The number of nitrogens with two attached hydrogens (primary N) is 2. The highest BCUT2D eigenvalue weighted by atomic mass is 15.4. The molecule has 0 aliphatic rings. The van der Waals surface area contributed by atoms with E-state index >= 15 is 0 Å². The molecule has 0 bridgehead atoms. The fourth-order valence-corrected chi connectivity index (χ4v) is 2.29. The molecular weight excluding hydrogens is 226 g/mol. The predicted molar refractivity (Wildman–Crippen MR) is 74.5 cm³/mol. The highest BCUT2D eigenvalue weighted by Crippen LogP contribution is 2.12. The van der Waals surface area contributed by atoms with E-state index in [1.807, 2.05) is 18.2 Å². The molecule has 98 valence electrons. The molecule has 1 aromatic carbocycles. The number of fused-ring (bicyclic) bond motifs is 1. The van der Waals surface area contributed by atoms with E-state index in [-0.39, 0.29) is 0 Å². The van der Waals surface area contributed by atoms with Crippen molar-refractivity contribution in [1.29, 1.82) is 0 Å². The van der Waals surface area contributed by atoms with Crippen molar-refractivity contribution < 1.29 is 4.57 Å². The Balaban J connectivity index is 2.30. The monoisotopic (exact) mass is 248 g/mol. The largest absolute Gasteiger partial charge is 0.378 e. The van der Waals surface area contributed by atoms with Crippen LogP contribution in [0, 0.1) is 0 Å². The normalized spacial score (nSPS) is 11.5. The summed E-state index contributed by atoms with van der Waals surface area (Å²) in [4.78, 5) is 2.37. The van der Waals surface area contributed by atoms with Crippen LogP contribution in [-0.4, -0.2) is 29.2 Å². The molecule has 0 fully saturated rings. The van der Waals surface area contributed by atoms with Crippen molar-refractivity contribution in [2.45, 2.75) is 20.4 Å². The van der Waals surface area contributed by atoms with Gasteiger partial charge in [0, 0.05) is 6.54 Å². The zero-order valence-corrected chi connectivity index (χ0v) is 11.1. The molecule has 1 aromatic heterocycles. The summed E-state index contributed by atoms with van der Waals surface area (Å²) >= 11 is 0. The Bertz CT molecular complexity index is 527. The number of anilines is 1. The summed E-state index contributed by atoms with van der Waals surface area (Å²) in [6.07, 6.45) is 0. The van der Waals surface area contributed by atoms with Crippen LogP contribution in [0.1, 0.15) is 13.8 Å². The number of aromatic nitrogens is 2. The number of likely N-dealkylation sites (N-methyl/N-ethyl adjacent to an activating group) is 1. The zero-order valence-electron chi connectivity index (χ0n) is 11.1. The van der Waals surface area contributed by atoms with Crippen molar-refractivity contribution in [2.24, 2.45) is 0 Å². The molecule has 4 N–H and O–H groups in total. The maximum absolute atomic E-state index is 6.07. The number of benzene rings is 1. The van der Waals surface area contributed by atoms with Crippen LogP contribution < -0.4 is 16.1 Å². The minimum absolute atomic E-state index is 0.600. The lowest BCUT2D eigenvalue weighted by atomic mass is 10.3. The van der Waals surface area contributed by atoms with Crippen molar-refractivity contribution in [3.63, 3.8) is 0 Å². The quantitative estimate of drug-likeness (QED) is 0.600. The lowest BCUT2D eigenvalue weighted by Gasteiger charge is -2.16. The SMILES string of the molecule is CCN(CC)CC[n+]1c(N)n(N)c2ccccc21. The third-order valence-electron chi connectivity index (χ3n) is 3.49. The Morgan fingerprint density at radius 1 is 1.22 bits per heavy atom. The Morgan fingerprint density at radius 2 is 1.89 bits per heavy atom. The lowest BCUT2D eigenvalue weighted by Crippen LogP contribution is -2.43. The first kappa shape index (κ1) is 12.7. The number of nitrogens with zero attached hydrogens (tertiary/aromatic N) is 3. The van der Waals surface area contributed by atoms with Crippen LogP contribution in [0.4, 0.5) is 5.95 Å². The average molecular weight is 248 g/mol. The van der Waals surface area contributed by atoms with Crippen LogP contribution in [0.25, 0.3) is 11.0 Å². The summed E-state index contributed by atoms with van der Waals surface area (Å²) < 4.78 is 3.63. The van der Waals surface area contributed by atoms with E-state index in [2.05, 4.69) is 29.4 Å². The van der Waals surface area contributed by atoms with Gasteiger partial charge in [-0.15, -0.1) is 4.68 Å². The molecule has 2 aromatic rings. The van der Waals surface area contributed by atoms with E-state index in [0.717, 1.165) is 37.2 Å². The van der Waals surface area contributed by atoms with Crippen LogP contribution in [0.15, 0.2) is 24.3 Å². The number of nitrogen functional groups attached to an aromatic ring is 2. The number of hydrogen-bond donors (Lipinski definition) is 2. The van der Waals surface area contributed by atoms with Crippen LogP contribution in [0.3, 0.4) is 0 Å². The molecule has 1 heterocycles. The minimum Gasteiger partial charge on any atom is -0.301 e. The molecule has 0 radical (unpaired) electrons. The maximum atomic E-state index is 6.07. The second-order valence-electron chi connectivity index (χ2n) is 4.40. The highest BCUT2D eigenvalue weighted by Gasteiger charge is 2.18. The summed E-state index contributed by atoms with van der Waals surface area (Å²) in [5.41, 5.74) is 8.12. The van der Waals surface area contributed by atoms with E-state index in [1.165, 1.54) is 0 Å². The van der Waals surface area contributed by atoms with Gasteiger partial charge in [-0.3, -0.25) is 11.6 Å². The zero-order chi connectivity index (χ0) is 13.1.